The summed E-state index contributed by atoms with van der Waals surface area (Å²) in [6.07, 6.45) is 3.75. The summed E-state index contributed by atoms with van der Waals surface area (Å²) >= 11 is 0. The topological polar surface area (TPSA) is 28.2 Å². The molecule has 0 aromatic carbocycles. The normalized spacial score (nSPS) is 15.8. The second kappa shape index (κ2) is 5.27. The van der Waals surface area contributed by atoms with Gasteiger partial charge < -0.3 is 10.2 Å². The van der Waals surface area contributed by atoms with E-state index in [1.54, 1.807) is 0 Å². The van der Waals surface area contributed by atoms with Gasteiger partial charge in [0.2, 0.25) is 0 Å². The fourth-order valence-corrected chi connectivity index (χ4v) is 1.84. The van der Waals surface area contributed by atoms with E-state index in [0.717, 1.165) is 30.5 Å². The molecule has 18 heavy (non-hydrogen) atoms. The lowest BCUT2D eigenvalue weighted by atomic mass is 10.00. The van der Waals surface area contributed by atoms with Gasteiger partial charge in [-0.25, -0.2) is 4.98 Å². The molecule has 3 nitrogen and oxygen atoms in total. The Morgan fingerprint density at radius 2 is 2.11 bits per heavy atom. The second-order valence-electron chi connectivity index (χ2n) is 5.87. The number of nitrogens with zero attached hydrogens (tertiary/aromatic N) is 2. The minimum absolute atomic E-state index is 0.148. The van der Waals surface area contributed by atoms with Crippen LogP contribution in [0.25, 0.3) is 0 Å². The number of hydrogen-bond donors (Lipinski definition) is 1. The quantitative estimate of drug-likeness (QED) is 0.837. The van der Waals surface area contributed by atoms with Crippen LogP contribution in [0.15, 0.2) is 18.2 Å². The molecule has 0 aliphatic heterocycles. The highest BCUT2D eigenvalue weighted by Gasteiger charge is 2.23. The summed E-state index contributed by atoms with van der Waals surface area (Å²) in [5, 5.41) is 3.51. The van der Waals surface area contributed by atoms with Crippen LogP contribution in [0.3, 0.4) is 0 Å². The van der Waals surface area contributed by atoms with E-state index < -0.39 is 0 Å². The molecule has 0 radical (unpaired) electrons. The van der Waals surface area contributed by atoms with Crippen molar-refractivity contribution in [2.45, 2.75) is 58.2 Å². The molecule has 0 amide bonds. The van der Waals surface area contributed by atoms with Crippen LogP contribution < -0.4 is 10.2 Å². The van der Waals surface area contributed by atoms with Gasteiger partial charge in [-0.2, -0.15) is 0 Å². The minimum Gasteiger partial charge on any atom is -0.355 e. The standard InChI is InChI=1S/C15H25N3/c1-5-15(2,3)18(4)14-8-6-7-13(17-14)11-16-12-9-10-12/h6-8,12,16H,5,9-11H2,1-4H3. The monoisotopic (exact) mass is 247 g/mol. The first-order valence-electron chi connectivity index (χ1n) is 6.96. The third-order valence-electron chi connectivity index (χ3n) is 4.06. The Hall–Kier alpha value is -1.09. The summed E-state index contributed by atoms with van der Waals surface area (Å²) in [6.45, 7) is 7.61. The maximum atomic E-state index is 4.75. The van der Waals surface area contributed by atoms with E-state index in [2.05, 4.69) is 56.2 Å². The average molecular weight is 247 g/mol. The summed E-state index contributed by atoms with van der Waals surface area (Å²) in [6, 6.07) is 7.04. The zero-order valence-corrected chi connectivity index (χ0v) is 12.0. The van der Waals surface area contributed by atoms with Crippen molar-refractivity contribution in [3.05, 3.63) is 23.9 Å². The molecule has 0 atom stereocenters. The molecule has 1 saturated carbocycles. The predicted molar refractivity (Wildman–Crippen MR) is 76.9 cm³/mol. The molecule has 1 aliphatic rings. The lowest BCUT2D eigenvalue weighted by Crippen LogP contribution is -2.41. The molecule has 1 N–H and O–H groups in total. The zero-order chi connectivity index (χ0) is 13.2. The van der Waals surface area contributed by atoms with Crippen molar-refractivity contribution in [2.24, 2.45) is 0 Å². The van der Waals surface area contributed by atoms with Crippen molar-refractivity contribution >= 4 is 5.82 Å². The SMILES string of the molecule is CCC(C)(C)N(C)c1cccc(CNC2CC2)n1. The van der Waals surface area contributed by atoms with Crippen molar-refractivity contribution in [1.29, 1.82) is 0 Å². The van der Waals surface area contributed by atoms with Gasteiger partial charge in [-0.3, -0.25) is 0 Å². The first kappa shape index (κ1) is 13.3. The summed E-state index contributed by atoms with van der Waals surface area (Å²) in [7, 11) is 2.13. The first-order chi connectivity index (χ1) is 8.53. The summed E-state index contributed by atoms with van der Waals surface area (Å²) < 4.78 is 0. The molecule has 2 rings (SSSR count). The molecule has 1 aliphatic carbocycles. The highest BCUT2D eigenvalue weighted by molar-refractivity contribution is 5.41. The molecule has 0 bridgehead atoms. The molecule has 1 fully saturated rings. The van der Waals surface area contributed by atoms with E-state index in [0.29, 0.717) is 0 Å². The van der Waals surface area contributed by atoms with Gasteiger partial charge in [0.1, 0.15) is 5.82 Å². The van der Waals surface area contributed by atoms with Crippen LogP contribution >= 0.6 is 0 Å². The molecule has 1 heterocycles. The van der Waals surface area contributed by atoms with Gasteiger partial charge in [-0.15, -0.1) is 0 Å². The molecule has 1 aromatic heterocycles. The average Bonchev–Trinajstić information content (AvgIpc) is 3.20. The predicted octanol–water partition coefficient (Wildman–Crippen LogP) is 2.96. The van der Waals surface area contributed by atoms with E-state index in [1.165, 1.54) is 12.8 Å². The van der Waals surface area contributed by atoms with Gasteiger partial charge in [-0.1, -0.05) is 13.0 Å². The van der Waals surface area contributed by atoms with Crippen LogP contribution in [-0.4, -0.2) is 23.6 Å². The van der Waals surface area contributed by atoms with Gasteiger partial charge in [0.05, 0.1) is 5.69 Å². The minimum atomic E-state index is 0.148. The molecule has 0 saturated heterocycles. The van der Waals surface area contributed by atoms with Gasteiger partial charge in [-0.05, 0) is 45.2 Å². The van der Waals surface area contributed by atoms with E-state index >= 15 is 0 Å². The number of aromatic nitrogens is 1. The van der Waals surface area contributed by atoms with Crippen LogP contribution in [-0.2, 0) is 6.54 Å². The summed E-state index contributed by atoms with van der Waals surface area (Å²) in [4.78, 5) is 7.02. The third kappa shape index (κ3) is 3.22. The lowest BCUT2D eigenvalue weighted by molar-refractivity contribution is 0.466. The van der Waals surface area contributed by atoms with E-state index in [9.17, 15) is 0 Å². The maximum Gasteiger partial charge on any atom is 0.129 e. The van der Waals surface area contributed by atoms with Crippen molar-refractivity contribution in [3.8, 4) is 0 Å². The van der Waals surface area contributed by atoms with E-state index in [1.807, 2.05) is 0 Å². The molecule has 0 spiro atoms. The maximum absolute atomic E-state index is 4.75. The van der Waals surface area contributed by atoms with Crippen molar-refractivity contribution in [1.82, 2.24) is 10.3 Å². The fraction of sp³-hybridized carbons (Fsp3) is 0.667. The van der Waals surface area contributed by atoms with Crippen LogP contribution in [0.4, 0.5) is 5.82 Å². The largest absolute Gasteiger partial charge is 0.355 e. The van der Waals surface area contributed by atoms with Gasteiger partial charge in [0.15, 0.2) is 0 Å². The molecule has 0 unspecified atom stereocenters. The van der Waals surface area contributed by atoms with E-state index in [4.69, 9.17) is 4.98 Å². The van der Waals surface area contributed by atoms with Crippen molar-refractivity contribution in [3.63, 3.8) is 0 Å². The third-order valence-corrected chi connectivity index (χ3v) is 4.06. The van der Waals surface area contributed by atoms with Crippen LogP contribution in [0.2, 0.25) is 0 Å². The van der Waals surface area contributed by atoms with Crippen molar-refractivity contribution in [2.75, 3.05) is 11.9 Å². The second-order valence-corrected chi connectivity index (χ2v) is 5.87. The molecular weight excluding hydrogens is 222 g/mol. The Morgan fingerprint density at radius 3 is 2.72 bits per heavy atom. The number of anilines is 1. The Balaban J connectivity index is 2.05. The van der Waals surface area contributed by atoms with Gasteiger partial charge in [0, 0.05) is 25.2 Å². The number of pyridine rings is 1. The smallest absolute Gasteiger partial charge is 0.129 e. The van der Waals surface area contributed by atoms with Gasteiger partial charge >= 0.3 is 0 Å². The highest BCUT2D eigenvalue weighted by Crippen LogP contribution is 2.23. The summed E-state index contributed by atoms with van der Waals surface area (Å²) in [5.41, 5.74) is 1.29. The van der Waals surface area contributed by atoms with Crippen molar-refractivity contribution < 1.29 is 0 Å². The Labute approximate surface area is 111 Å². The fourth-order valence-electron chi connectivity index (χ4n) is 1.84. The van der Waals surface area contributed by atoms with Crippen LogP contribution in [0.1, 0.15) is 45.7 Å². The van der Waals surface area contributed by atoms with Crippen LogP contribution in [0.5, 0.6) is 0 Å². The number of rotatable bonds is 6. The Bertz CT molecular complexity index is 396. The Kier molecular flexibility index (Phi) is 3.91. The lowest BCUT2D eigenvalue weighted by Gasteiger charge is -2.36. The first-order valence-corrected chi connectivity index (χ1v) is 6.96. The highest BCUT2D eigenvalue weighted by atomic mass is 15.2. The number of nitrogens with one attached hydrogen (secondary N) is 1. The van der Waals surface area contributed by atoms with E-state index in [-0.39, 0.29) is 5.54 Å². The Morgan fingerprint density at radius 1 is 1.39 bits per heavy atom. The zero-order valence-electron chi connectivity index (χ0n) is 12.0. The number of hydrogen-bond acceptors (Lipinski definition) is 3. The molecule has 1 aromatic rings. The molecule has 100 valence electrons. The molecule has 3 heteroatoms. The van der Waals surface area contributed by atoms with Gasteiger partial charge in [0.25, 0.3) is 0 Å². The molecular formula is C15H25N3. The van der Waals surface area contributed by atoms with Crippen LogP contribution in [0, 0.1) is 0 Å². The summed E-state index contributed by atoms with van der Waals surface area (Å²) in [5.74, 6) is 1.07.